The van der Waals surface area contributed by atoms with Crippen LogP contribution in [0, 0.1) is 21.4 Å². The highest BCUT2D eigenvalue weighted by molar-refractivity contribution is 5.48. The zero-order chi connectivity index (χ0) is 15.0. The van der Waals surface area contributed by atoms with Gasteiger partial charge in [-0.3, -0.25) is 15.4 Å². The average molecular weight is 277 g/mol. The van der Waals surface area contributed by atoms with Gasteiger partial charge in [0.05, 0.1) is 11.0 Å². The number of nitro benzene ring substituents is 1. The summed E-state index contributed by atoms with van der Waals surface area (Å²) in [5.74, 6) is 0.200. The topological polar surface area (TPSA) is 88.2 Å². The minimum absolute atomic E-state index is 0.0588. The van der Waals surface area contributed by atoms with E-state index in [2.05, 4.69) is 11.4 Å². The Labute approximate surface area is 118 Å². The van der Waals surface area contributed by atoms with Gasteiger partial charge >= 0.3 is 5.69 Å². The molecule has 1 rings (SSSR count). The van der Waals surface area contributed by atoms with E-state index in [1.54, 1.807) is 12.1 Å². The van der Waals surface area contributed by atoms with E-state index < -0.39 is 11.0 Å². The first-order valence-electron chi connectivity index (χ1n) is 6.65. The first-order chi connectivity index (χ1) is 9.62. The van der Waals surface area contributed by atoms with Crippen molar-refractivity contribution in [3.05, 3.63) is 33.9 Å². The second-order valence-corrected chi connectivity index (χ2v) is 4.36. The van der Waals surface area contributed by atoms with Gasteiger partial charge in [-0.05, 0) is 31.0 Å². The van der Waals surface area contributed by atoms with Crippen LogP contribution in [0.2, 0.25) is 0 Å². The third-order valence-electron chi connectivity index (χ3n) is 2.83. The summed E-state index contributed by atoms with van der Waals surface area (Å²) in [4.78, 5) is 10.6. The van der Waals surface area contributed by atoms with E-state index in [9.17, 15) is 10.1 Å². The molecule has 0 bridgehead atoms. The molecule has 0 radical (unpaired) electrons. The summed E-state index contributed by atoms with van der Waals surface area (Å²) in [6, 6.07) is 6.49. The Morgan fingerprint density at radius 1 is 1.50 bits per heavy atom. The minimum atomic E-state index is -0.472. The molecule has 0 saturated carbocycles. The zero-order valence-electron chi connectivity index (χ0n) is 11.8. The lowest BCUT2D eigenvalue weighted by molar-refractivity contribution is -0.385. The Bertz CT molecular complexity index is 497. The van der Waals surface area contributed by atoms with Crippen molar-refractivity contribution in [1.82, 2.24) is 5.32 Å². The maximum absolute atomic E-state index is 11.0. The number of hydrogen-bond donors (Lipinski definition) is 1. The van der Waals surface area contributed by atoms with Crippen molar-refractivity contribution in [1.29, 1.82) is 5.26 Å². The number of aryl methyl sites for hydroxylation is 1. The number of nitrogens with zero attached hydrogens (tertiary/aromatic N) is 2. The Kier molecular flexibility index (Phi) is 6.47. The molecule has 0 heterocycles. The molecule has 0 aromatic heterocycles. The highest BCUT2D eigenvalue weighted by Gasteiger charge is 2.17. The maximum atomic E-state index is 11.0. The fraction of sp³-hybridized carbons (Fsp3) is 0.500. The van der Waals surface area contributed by atoms with Crippen LogP contribution in [0.4, 0.5) is 5.69 Å². The molecule has 1 aromatic carbocycles. The molecule has 0 fully saturated rings. The van der Waals surface area contributed by atoms with Crippen molar-refractivity contribution in [2.75, 3.05) is 13.2 Å². The Balaban J connectivity index is 2.76. The summed E-state index contributed by atoms with van der Waals surface area (Å²) < 4.78 is 5.42. The molecule has 1 atom stereocenters. The SMILES string of the molecule is CCCNC(C#N)COc1ccc(CC)cc1[N+](=O)[O-]. The lowest BCUT2D eigenvalue weighted by atomic mass is 10.1. The fourth-order valence-corrected chi connectivity index (χ4v) is 1.68. The van der Waals surface area contributed by atoms with Crippen LogP contribution in [-0.2, 0) is 6.42 Å². The van der Waals surface area contributed by atoms with Gasteiger partial charge in [-0.15, -0.1) is 0 Å². The molecule has 0 saturated heterocycles. The predicted octanol–water partition coefficient (Wildman–Crippen LogP) is 2.43. The van der Waals surface area contributed by atoms with Crippen molar-refractivity contribution in [2.24, 2.45) is 0 Å². The lowest BCUT2D eigenvalue weighted by Gasteiger charge is -2.12. The third-order valence-corrected chi connectivity index (χ3v) is 2.83. The fourth-order valence-electron chi connectivity index (χ4n) is 1.68. The number of nitriles is 1. The summed E-state index contributed by atoms with van der Waals surface area (Å²) in [7, 11) is 0. The Hall–Kier alpha value is -2.13. The molecule has 108 valence electrons. The van der Waals surface area contributed by atoms with E-state index in [1.807, 2.05) is 13.8 Å². The van der Waals surface area contributed by atoms with Gasteiger partial charge in [0.2, 0.25) is 0 Å². The van der Waals surface area contributed by atoms with Gasteiger partial charge in [-0.25, -0.2) is 0 Å². The van der Waals surface area contributed by atoms with E-state index in [0.717, 1.165) is 18.4 Å². The summed E-state index contributed by atoms with van der Waals surface area (Å²) in [6.45, 7) is 4.72. The zero-order valence-corrected chi connectivity index (χ0v) is 11.8. The molecule has 6 heteroatoms. The van der Waals surface area contributed by atoms with Gasteiger partial charge < -0.3 is 4.74 Å². The molecule has 0 aliphatic rings. The van der Waals surface area contributed by atoms with Crippen molar-refractivity contribution >= 4 is 5.69 Å². The smallest absolute Gasteiger partial charge is 0.311 e. The molecular weight excluding hydrogens is 258 g/mol. The van der Waals surface area contributed by atoms with Gasteiger partial charge in [0, 0.05) is 6.07 Å². The van der Waals surface area contributed by atoms with E-state index in [-0.39, 0.29) is 18.0 Å². The van der Waals surface area contributed by atoms with Gasteiger partial charge in [0.1, 0.15) is 12.6 Å². The number of nitro groups is 1. The standard InChI is InChI=1S/C14H19N3O3/c1-3-7-16-12(9-15)10-20-14-6-5-11(4-2)8-13(14)17(18)19/h5-6,8,12,16H,3-4,7,10H2,1-2H3. The molecule has 0 aliphatic carbocycles. The van der Waals surface area contributed by atoms with Crippen LogP contribution in [0.25, 0.3) is 0 Å². The predicted molar refractivity (Wildman–Crippen MR) is 75.7 cm³/mol. The van der Waals surface area contributed by atoms with Crippen LogP contribution < -0.4 is 10.1 Å². The van der Waals surface area contributed by atoms with Crippen LogP contribution >= 0.6 is 0 Å². The molecule has 0 amide bonds. The summed E-state index contributed by atoms with van der Waals surface area (Å²) in [5, 5.41) is 23.0. The van der Waals surface area contributed by atoms with Crippen LogP contribution in [0.15, 0.2) is 18.2 Å². The maximum Gasteiger partial charge on any atom is 0.311 e. The average Bonchev–Trinajstić information content (AvgIpc) is 2.47. The summed E-state index contributed by atoms with van der Waals surface area (Å²) in [5.41, 5.74) is 0.821. The van der Waals surface area contributed by atoms with Crippen molar-refractivity contribution in [3.63, 3.8) is 0 Å². The number of rotatable bonds is 8. The van der Waals surface area contributed by atoms with Crippen LogP contribution in [0.5, 0.6) is 5.75 Å². The summed E-state index contributed by atoms with van der Waals surface area (Å²) in [6.07, 6.45) is 1.63. The molecule has 6 nitrogen and oxygen atoms in total. The second kappa shape index (κ2) is 8.12. The lowest BCUT2D eigenvalue weighted by Crippen LogP contribution is -2.33. The number of ether oxygens (including phenoxy) is 1. The molecule has 20 heavy (non-hydrogen) atoms. The highest BCUT2D eigenvalue weighted by Crippen LogP contribution is 2.28. The van der Waals surface area contributed by atoms with Gasteiger partial charge in [0.25, 0.3) is 0 Å². The Morgan fingerprint density at radius 2 is 2.25 bits per heavy atom. The van der Waals surface area contributed by atoms with E-state index in [1.165, 1.54) is 6.07 Å². The van der Waals surface area contributed by atoms with Crippen molar-refractivity contribution in [3.8, 4) is 11.8 Å². The molecule has 1 N–H and O–H groups in total. The second-order valence-electron chi connectivity index (χ2n) is 4.36. The number of hydrogen-bond acceptors (Lipinski definition) is 5. The molecule has 1 unspecified atom stereocenters. The molecular formula is C14H19N3O3. The van der Waals surface area contributed by atoms with E-state index in [4.69, 9.17) is 10.00 Å². The normalized spacial score (nSPS) is 11.7. The van der Waals surface area contributed by atoms with Crippen LogP contribution in [0.3, 0.4) is 0 Å². The van der Waals surface area contributed by atoms with Gasteiger partial charge in [-0.2, -0.15) is 5.26 Å². The largest absolute Gasteiger partial charge is 0.484 e. The van der Waals surface area contributed by atoms with Gasteiger partial charge in [0.15, 0.2) is 5.75 Å². The minimum Gasteiger partial charge on any atom is -0.484 e. The molecule has 0 spiro atoms. The first kappa shape index (κ1) is 15.9. The first-order valence-corrected chi connectivity index (χ1v) is 6.65. The third kappa shape index (κ3) is 4.52. The van der Waals surface area contributed by atoms with Crippen molar-refractivity contribution in [2.45, 2.75) is 32.7 Å². The van der Waals surface area contributed by atoms with Crippen molar-refractivity contribution < 1.29 is 9.66 Å². The van der Waals surface area contributed by atoms with E-state index >= 15 is 0 Å². The quantitative estimate of drug-likeness (QED) is 0.582. The van der Waals surface area contributed by atoms with E-state index in [0.29, 0.717) is 6.54 Å². The number of benzene rings is 1. The van der Waals surface area contributed by atoms with Crippen LogP contribution in [0.1, 0.15) is 25.8 Å². The molecule has 0 aliphatic heterocycles. The van der Waals surface area contributed by atoms with Crippen LogP contribution in [-0.4, -0.2) is 24.1 Å². The monoisotopic (exact) mass is 277 g/mol. The Morgan fingerprint density at radius 3 is 2.80 bits per heavy atom. The highest BCUT2D eigenvalue weighted by atomic mass is 16.6. The summed E-state index contributed by atoms with van der Waals surface area (Å²) >= 11 is 0. The van der Waals surface area contributed by atoms with Gasteiger partial charge in [-0.1, -0.05) is 19.9 Å². The molecule has 1 aromatic rings. The number of nitrogens with one attached hydrogen (secondary N) is 1.